The van der Waals surface area contributed by atoms with Crippen molar-refractivity contribution < 1.29 is 17.9 Å². The van der Waals surface area contributed by atoms with Crippen LogP contribution in [0.1, 0.15) is 11.3 Å². The Labute approximate surface area is 90.1 Å². The fraction of sp³-hybridized carbons (Fsp3) is 0.556. The van der Waals surface area contributed by atoms with E-state index in [0.717, 1.165) is 10.6 Å². The molecule has 0 aliphatic rings. The van der Waals surface area contributed by atoms with E-state index in [0.29, 0.717) is 6.54 Å². The second kappa shape index (κ2) is 5.37. The van der Waals surface area contributed by atoms with Gasteiger partial charge < -0.3 is 10.1 Å². The van der Waals surface area contributed by atoms with E-state index in [9.17, 15) is 13.2 Å². The summed E-state index contributed by atoms with van der Waals surface area (Å²) in [6.45, 7) is 0.349. The van der Waals surface area contributed by atoms with E-state index in [2.05, 4.69) is 5.32 Å². The van der Waals surface area contributed by atoms with Gasteiger partial charge in [-0.05, 0) is 11.4 Å². The van der Waals surface area contributed by atoms with Crippen molar-refractivity contribution in [2.24, 2.45) is 0 Å². The van der Waals surface area contributed by atoms with Gasteiger partial charge in [-0.1, -0.05) is 0 Å². The van der Waals surface area contributed by atoms with Crippen LogP contribution in [0.5, 0.6) is 5.75 Å². The van der Waals surface area contributed by atoms with Gasteiger partial charge in [0.25, 0.3) is 0 Å². The zero-order valence-corrected chi connectivity index (χ0v) is 9.04. The summed E-state index contributed by atoms with van der Waals surface area (Å²) < 4.78 is 40.4. The average molecular weight is 239 g/mol. The Kier molecular flexibility index (Phi) is 4.41. The van der Waals surface area contributed by atoms with Crippen LogP contribution in [-0.2, 0) is 6.54 Å². The average Bonchev–Trinajstić information content (AvgIpc) is 2.58. The topological polar surface area (TPSA) is 21.3 Å². The first-order valence-electron chi connectivity index (χ1n) is 4.41. The molecule has 0 unspecified atom stereocenters. The first-order valence-corrected chi connectivity index (χ1v) is 5.29. The number of hydrogen-bond acceptors (Lipinski definition) is 3. The second-order valence-corrected chi connectivity index (χ2v) is 3.95. The standard InChI is InChI=1S/C9H12F3NOS/c1-14-7-2-5-15-8(7)6-13-4-3-9(10,11)12/h2,5,13H,3-4,6H2,1H3. The molecule has 0 aliphatic heterocycles. The summed E-state index contributed by atoms with van der Waals surface area (Å²) >= 11 is 1.46. The number of methoxy groups -OCH3 is 1. The monoisotopic (exact) mass is 239 g/mol. The fourth-order valence-electron chi connectivity index (χ4n) is 1.07. The summed E-state index contributed by atoms with van der Waals surface area (Å²) in [5.74, 6) is 0.722. The van der Waals surface area contributed by atoms with Gasteiger partial charge in [0.1, 0.15) is 5.75 Å². The first kappa shape index (κ1) is 12.3. The van der Waals surface area contributed by atoms with Crippen LogP contribution >= 0.6 is 11.3 Å². The van der Waals surface area contributed by atoms with E-state index in [1.165, 1.54) is 11.3 Å². The molecule has 0 fully saturated rings. The lowest BCUT2D eigenvalue weighted by atomic mass is 10.4. The highest BCUT2D eigenvalue weighted by atomic mass is 32.1. The third kappa shape index (κ3) is 4.53. The maximum absolute atomic E-state index is 11.8. The molecule has 0 bridgehead atoms. The Balaban J connectivity index is 2.26. The Morgan fingerprint density at radius 2 is 2.20 bits per heavy atom. The summed E-state index contributed by atoms with van der Waals surface area (Å²) in [5, 5.41) is 4.58. The van der Waals surface area contributed by atoms with Gasteiger partial charge in [0.2, 0.25) is 0 Å². The summed E-state index contributed by atoms with van der Waals surface area (Å²) in [6.07, 6.45) is -4.90. The van der Waals surface area contributed by atoms with Gasteiger partial charge in [-0.2, -0.15) is 13.2 Å². The summed E-state index contributed by atoms with van der Waals surface area (Å²) in [4.78, 5) is 0.916. The predicted molar refractivity (Wildman–Crippen MR) is 53.2 cm³/mol. The van der Waals surface area contributed by atoms with Crippen LogP contribution < -0.4 is 10.1 Å². The van der Waals surface area contributed by atoms with Gasteiger partial charge in [-0.25, -0.2) is 0 Å². The molecular formula is C9H12F3NOS. The van der Waals surface area contributed by atoms with Gasteiger partial charge in [-0.3, -0.25) is 0 Å². The smallest absolute Gasteiger partial charge is 0.390 e. The van der Waals surface area contributed by atoms with Gasteiger partial charge in [0.15, 0.2) is 0 Å². The van der Waals surface area contributed by atoms with Gasteiger partial charge in [0, 0.05) is 13.1 Å². The molecule has 0 aromatic carbocycles. The van der Waals surface area contributed by atoms with Crippen LogP contribution in [0.25, 0.3) is 0 Å². The number of alkyl halides is 3. The molecule has 0 saturated carbocycles. The van der Waals surface area contributed by atoms with Gasteiger partial charge in [0.05, 0.1) is 18.4 Å². The molecule has 1 N–H and O–H groups in total. The van der Waals surface area contributed by atoms with Crippen LogP contribution in [0, 0.1) is 0 Å². The van der Waals surface area contributed by atoms with E-state index < -0.39 is 12.6 Å². The molecule has 1 heterocycles. The number of nitrogens with one attached hydrogen (secondary N) is 1. The lowest BCUT2D eigenvalue weighted by molar-refractivity contribution is -0.133. The Hall–Kier alpha value is -0.750. The minimum Gasteiger partial charge on any atom is -0.496 e. The van der Waals surface area contributed by atoms with Crippen LogP contribution in [0.15, 0.2) is 11.4 Å². The summed E-state index contributed by atoms with van der Waals surface area (Å²) in [6, 6.07) is 1.80. The molecule has 1 aromatic heterocycles. The quantitative estimate of drug-likeness (QED) is 0.798. The van der Waals surface area contributed by atoms with Crippen molar-refractivity contribution in [2.75, 3.05) is 13.7 Å². The van der Waals surface area contributed by atoms with Gasteiger partial charge in [-0.15, -0.1) is 11.3 Å². The molecule has 15 heavy (non-hydrogen) atoms. The van der Waals surface area contributed by atoms with Crippen LogP contribution in [-0.4, -0.2) is 19.8 Å². The van der Waals surface area contributed by atoms with Crippen LogP contribution in [0.4, 0.5) is 13.2 Å². The third-order valence-electron chi connectivity index (χ3n) is 1.80. The number of hydrogen-bond donors (Lipinski definition) is 1. The lowest BCUT2D eigenvalue weighted by Gasteiger charge is -2.07. The van der Waals surface area contributed by atoms with E-state index >= 15 is 0 Å². The first-order chi connectivity index (χ1) is 7.03. The van der Waals surface area contributed by atoms with E-state index in [1.807, 2.05) is 5.38 Å². The molecule has 2 nitrogen and oxygen atoms in total. The predicted octanol–water partition coefficient (Wildman–Crippen LogP) is 2.80. The molecule has 86 valence electrons. The van der Waals surface area contributed by atoms with Crippen molar-refractivity contribution in [2.45, 2.75) is 19.1 Å². The number of thiophene rings is 1. The van der Waals surface area contributed by atoms with E-state index in [-0.39, 0.29) is 6.54 Å². The highest BCUT2D eigenvalue weighted by Gasteiger charge is 2.25. The SMILES string of the molecule is COc1ccsc1CNCCC(F)(F)F. The minimum absolute atomic E-state index is 0.0649. The molecule has 0 aliphatic carbocycles. The van der Waals surface area contributed by atoms with Crippen LogP contribution in [0.2, 0.25) is 0 Å². The molecule has 0 atom stereocenters. The molecule has 0 saturated heterocycles. The normalized spacial score (nSPS) is 11.7. The molecule has 1 aromatic rings. The van der Waals surface area contributed by atoms with Crippen molar-refractivity contribution in [3.8, 4) is 5.75 Å². The van der Waals surface area contributed by atoms with E-state index in [4.69, 9.17) is 4.74 Å². The van der Waals surface area contributed by atoms with E-state index in [1.54, 1.807) is 13.2 Å². The van der Waals surface area contributed by atoms with Crippen molar-refractivity contribution in [3.05, 3.63) is 16.3 Å². The molecule has 1 rings (SSSR count). The number of rotatable bonds is 5. The fourth-order valence-corrected chi connectivity index (χ4v) is 1.88. The zero-order chi connectivity index (χ0) is 11.3. The second-order valence-electron chi connectivity index (χ2n) is 2.95. The molecule has 6 heteroatoms. The highest BCUT2D eigenvalue weighted by molar-refractivity contribution is 7.10. The summed E-state index contributed by atoms with van der Waals surface area (Å²) in [7, 11) is 1.54. The largest absolute Gasteiger partial charge is 0.496 e. The Morgan fingerprint density at radius 3 is 2.80 bits per heavy atom. The number of halogens is 3. The van der Waals surface area contributed by atoms with Crippen molar-refractivity contribution in [3.63, 3.8) is 0 Å². The lowest BCUT2D eigenvalue weighted by Crippen LogP contribution is -2.21. The maximum Gasteiger partial charge on any atom is 0.390 e. The zero-order valence-electron chi connectivity index (χ0n) is 8.23. The molecule has 0 spiro atoms. The number of ether oxygens (including phenoxy) is 1. The third-order valence-corrected chi connectivity index (χ3v) is 2.70. The molecular weight excluding hydrogens is 227 g/mol. The van der Waals surface area contributed by atoms with Crippen molar-refractivity contribution >= 4 is 11.3 Å². The molecule has 0 amide bonds. The molecule has 0 radical (unpaired) electrons. The van der Waals surface area contributed by atoms with Crippen LogP contribution in [0.3, 0.4) is 0 Å². The minimum atomic E-state index is -4.09. The van der Waals surface area contributed by atoms with Crippen molar-refractivity contribution in [1.82, 2.24) is 5.32 Å². The Bertz CT molecular complexity index is 298. The highest BCUT2D eigenvalue weighted by Crippen LogP contribution is 2.24. The summed E-state index contributed by atoms with van der Waals surface area (Å²) in [5.41, 5.74) is 0. The van der Waals surface area contributed by atoms with Crippen molar-refractivity contribution in [1.29, 1.82) is 0 Å². The maximum atomic E-state index is 11.8. The van der Waals surface area contributed by atoms with Gasteiger partial charge >= 0.3 is 6.18 Å². The Morgan fingerprint density at radius 1 is 1.47 bits per heavy atom.